The lowest BCUT2D eigenvalue weighted by Crippen LogP contribution is -2.12. The molecule has 0 saturated carbocycles. The molecule has 4 rings (SSSR count). The summed E-state index contributed by atoms with van der Waals surface area (Å²) in [5.41, 5.74) is -0.220. The van der Waals surface area contributed by atoms with Crippen molar-refractivity contribution in [3.8, 4) is 0 Å². The van der Waals surface area contributed by atoms with Crippen molar-refractivity contribution in [2.75, 3.05) is 10.6 Å². The maximum Gasteiger partial charge on any atom is 0.295 e. The minimum absolute atomic E-state index is 0.0260. The van der Waals surface area contributed by atoms with E-state index in [1.54, 1.807) is 0 Å². The molecule has 6 N–H and O–H groups in total. The summed E-state index contributed by atoms with van der Waals surface area (Å²) >= 11 is 0. The number of amides is 2. The fourth-order valence-electron chi connectivity index (χ4n) is 5.39. The third-order valence-corrected chi connectivity index (χ3v) is 11.2. The Morgan fingerprint density at radius 1 is 0.440 bits per heavy atom. The Kier molecular flexibility index (Phi) is 11.7. The first-order valence-corrected chi connectivity index (χ1v) is 20.6. The Morgan fingerprint density at radius 3 is 1.08 bits per heavy atom. The van der Waals surface area contributed by atoms with E-state index < -0.39 is 71.9 Å². The number of nitrogens with one attached hydrogen (secondary N) is 2. The van der Waals surface area contributed by atoms with E-state index >= 15 is 0 Å². The van der Waals surface area contributed by atoms with Crippen molar-refractivity contribution in [3.63, 3.8) is 0 Å². The fraction of sp³-hybridized carbons (Fsp3) is 0.267. The van der Waals surface area contributed by atoms with Crippen molar-refractivity contribution in [1.29, 1.82) is 0 Å². The molecule has 16 nitrogen and oxygen atoms in total. The van der Waals surface area contributed by atoms with E-state index in [1.165, 1.54) is 36.4 Å². The number of fused-ring (bicyclic) bond motifs is 2. The smallest absolute Gasteiger partial charge is 0.295 e. The molecule has 20 heteroatoms. The zero-order valence-electron chi connectivity index (χ0n) is 25.9. The van der Waals surface area contributed by atoms with Gasteiger partial charge >= 0.3 is 0 Å². The molecule has 0 aliphatic carbocycles. The lowest BCUT2D eigenvalue weighted by atomic mass is 10.1. The first-order valence-electron chi connectivity index (χ1n) is 14.8. The van der Waals surface area contributed by atoms with Gasteiger partial charge in [-0.1, -0.05) is 49.9 Å². The van der Waals surface area contributed by atoms with Crippen molar-refractivity contribution >= 4 is 85.2 Å². The van der Waals surface area contributed by atoms with Gasteiger partial charge < -0.3 is 10.6 Å². The van der Waals surface area contributed by atoms with Crippen molar-refractivity contribution in [2.45, 2.75) is 70.9 Å². The van der Waals surface area contributed by atoms with Crippen molar-refractivity contribution in [1.82, 2.24) is 0 Å². The fourth-order valence-corrected chi connectivity index (χ4v) is 8.25. The number of benzene rings is 4. The molecule has 0 spiro atoms. The summed E-state index contributed by atoms with van der Waals surface area (Å²) in [5, 5.41) is 4.16. The lowest BCUT2D eigenvalue weighted by Gasteiger charge is -2.12. The molecule has 4 aromatic carbocycles. The van der Waals surface area contributed by atoms with Gasteiger partial charge in [0.1, 0.15) is 19.6 Å². The summed E-state index contributed by atoms with van der Waals surface area (Å²) in [5.74, 6) is -1.03. The highest BCUT2D eigenvalue weighted by Gasteiger charge is 2.23. The molecule has 0 radical (unpaired) electrons. The first kappa shape index (κ1) is 38.8. The molecule has 0 atom stereocenters. The molecule has 0 unspecified atom stereocenters. The van der Waals surface area contributed by atoms with Gasteiger partial charge in [-0.15, -0.1) is 0 Å². The van der Waals surface area contributed by atoms with Gasteiger partial charge in [-0.25, -0.2) is 0 Å². The SMILES string of the molecule is O=C(CCCCCCCCC(=O)Nc1cc(S(=O)(=O)O)c2cccc(S(=O)(=O)O)c2c1)Nc1cc(S(=O)(=O)O)c2cccc(S(=O)(=O)O)c2c1. The summed E-state index contributed by atoms with van der Waals surface area (Å²) in [4.78, 5) is 22.6. The van der Waals surface area contributed by atoms with Crippen LogP contribution in [0, 0.1) is 0 Å². The van der Waals surface area contributed by atoms with Crippen molar-refractivity contribution < 1.29 is 61.5 Å². The summed E-state index contributed by atoms with van der Waals surface area (Å²) in [6.45, 7) is 0. The van der Waals surface area contributed by atoms with Crippen LogP contribution in [0.25, 0.3) is 21.5 Å². The topological polar surface area (TPSA) is 276 Å². The molecule has 0 saturated heterocycles. The van der Waals surface area contributed by atoms with Crippen LogP contribution in [0.3, 0.4) is 0 Å². The van der Waals surface area contributed by atoms with E-state index in [0.717, 1.165) is 24.3 Å². The maximum absolute atomic E-state index is 12.5. The third kappa shape index (κ3) is 9.82. The number of carbonyl (C=O) groups excluding carboxylic acids is 2. The van der Waals surface area contributed by atoms with Gasteiger partial charge in [-0.3, -0.25) is 27.8 Å². The summed E-state index contributed by atoms with van der Waals surface area (Å²) < 4.78 is 134. The van der Waals surface area contributed by atoms with Crippen LogP contribution in [0.2, 0.25) is 0 Å². The molecule has 50 heavy (non-hydrogen) atoms. The van der Waals surface area contributed by atoms with Crippen LogP contribution < -0.4 is 10.6 Å². The largest absolute Gasteiger partial charge is 0.326 e. The number of hydrogen-bond donors (Lipinski definition) is 6. The summed E-state index contributed by atoms with van der Waals surface area (Å²) in [6.07, 6.45) is 3.54. The van der Waals surface area contributed by atoms with Crippen molar-refractivity contribution in [2.24, 2.45) is 0 Å². The van der Waals surface area contributed by atoms with Gasteiger partial charge in [0.15, 0.2) is 0 Å². The van der Waals surface area contributed by atoms with E-state index in [0.29, 0.717) is 38.5 Å². The quantitative estimate of drug-likeness (QED) is 0.0707. The zero-order chi connectivity index (χ0) is 37.1. The van der Waals surface area contributed by atoms with Gasteiger partial charge in [0.2, 0.25) is 11.8 Å². The third-order valence-electron chi connectivity index (χ3n) is 7.57. The molecule has 0 fully saturated rings. The van der Waals surface area contributed by atoms with Crippen molar-refractivity contribution in [3.05, 3.63) is 60.7 Å². The highest BCUT2D eigenvalue weighted by atomic mass is 32.2. The molecule has 2 amide bonds. The number of anilines is 2. The van der Waals surface area contributed by atoms with E-state index in [1.807, 2.05) is 0 Å². The number of hydrogen-bond acceptors (Lipinski definition) is 10. The molecular weight excluding hydrogens is 741 g/mol. The van der Waals surface area contributed by atoms with Crippen LogP contribution in [-0.4, -0.2) is 63.7 Å². The Morgan fingerprint density at radius 2 is 0.760 bits per heavy atom. The molecule has 0 bridgehead atoms. The van der Waals surface area contributed by atoms with Crippen LogP contribution in [0.4, 0.5) is 11.4 Å². The minimum atomic E-state index is -4.84. The second-order valence-corrected chi connectivity index (χ2v) is 16.8. The summed E-state index contributed by atoms with van der Waals surface area (Å²) in [7, 11) is -19.2. The van der Waals surface area contributed by atoms with E-state index in [2.05, 4.69) is 10.6 Å². The average molecular weight is 773 g/mol. The normalized spacial score (nSPS) is 12.6. The second kappa shape index (κ2) is 15.1. The zero-order valence-corrected chi connectivity index (χ0v) is 29.2. The lowest BCUT2D eigenvalue weighted by molar-refractivity contribution is -0.117. The standard InChI is InChI=1S/C30H32N2O14S4/c33-29(31-19-15-23-21(27(17-19)49(41,42)43)9-7-11-25(23)47(35,36)37)13-5-3-1-2-4-6-14-30(34)32-20-16-24-22(28(18-20)50(44,45)46)10-8-12-26(24)48(38,39)40/h7-12,15-18H,1-6,13-14H2,(H,31,33)(H,32,34)(H,35,36,37)(H,38,39,40)(H,41,42,43)(H,44,45,46). The Labute approximate surface area is 287 Å². The maximum atomic E-state index is 12.5. The first-order chi connectivity index (χ1) is 23.2. The molecular formula is C30H32N2O14S4. The second-order valence-electron chi connectivity index (χ2n) is 11.3. The molecule has 270 valence electrons. The van der Waals surface area contributed by atoms with E-state index in [-0.39, 0.29) is 45.8 Å². The molecule has 0 heterocycles. The van der Waals surface area contributed by atoms with Gasteiger partial charge in [-0.05, 0) is 49.2 Å². The number of rotatable bonds is 15. The van der Waals surface area contributed by atoms with Crippen LogP contribution in [-0.2, 0) is 50.1 Å². The minimum Gasteiger partial charge on any atom is -0.326 e. The van der Waals surface area contributed by atoms with Crippen LogP contribution >= 0.6 is 0 Å². The summed E-state index contributed by atoms with van der Waals surface area (Å²) in [6, 6.07) is 11.2. The van der Waals surface area contributed by atoms with Crippen LogP contribution in [0.15, 0.2) is 80.2 Å². The molecule has 0 aromatic heterocycles. The van der Waals surface area contributed by atoms with Gasteiger partial charge in [0.05, 0.1) is 0 Å². The van der Waals surface area contributed by atoms with E-state index in [4.69, 9.17) is 0 Å². The highest BCUT2D eigenvalue weighted by Crippen LogP contribution is 2.33. The van der Waals surface area contributed by atoms with Crippen LogP contribution in [0.5, 0.6) is 0 Å². The Balaban J connectivity index is 1.27. The predicted octanol–water partition coefficient (Wildman–Crippen LogP) is 4.68. The molecule has 0 aliphatic heterocycles. The average Bonchev–Trinajstić information content (AvgIpc) is 2.99. The molecule has 4 aromatic rings. The number of unbranched alkanes of at least 4 members (excludes halogenated alkanes) is 5. The highest BCUT2D eigenvalue weighted by molar-refractivity contribution is 7.87. The monoisotopic (exact) mass is 772 g/mol. The van der Waals surface area contributed by atoms with Gasteiger partial charge in [0.25, 0.3) is 40.5 Å². The van der Waals surface area contributed by atoms with Gasteiger partial charge in [0, 0.05) is 45.8 Å². The Hall–Kier alpha value is -4.02. The van der Waals surface area contributed by atoms with Crippen LogP contribution in [0.1, 0.15) is 51.4 Å². The predicted molar refractivity (Wildman–Crippen MR) is 181 cm³/mol. The Bertz CT molecular complexity index is 2260. The van der Waals surface area contributed by atoms with Gasteiger partial charge in [-0.2, -0.15) is 33.7 Å². The number of carbonyl (C=O) groups is 2. The van der Waals surface area contributed by atoms with E-state index in [9.17, 15) is 61.5 Å². The molecule has 0 aliphatic rings.